The number of aliphatic carboxylic acids is 3. The maximum Gasteiger partial charge on any atom is 0.333 e. The summed E-state index contributed by atoms with van der Waals surface area (Å²) in [6, 6.07) is 0. The van der Waals surface area contributed by atoms with Crippen LogP contribution in [0, 0.1) is 0 Å². The summed E-state index contributed by atoms with van der Waals surface area (Å²) in [5.74, 6) is -3.60. The van der Waals surface area contributed by atoms with Gasteiger partial charge in [-0.05, 0) is 0 Å². The Bertz CT molecular complexity index is 467. The third-order valence-corrected chi connectivity index (χ3v) is 4.11. The summed E-state index contributed by atoms with van der Waals surface area (Å²) in [5.41, 5.74) is -2.65. The Morgan fingerprint density at radius 1 is 1.16 bits per heavy atom. The third-order valence-electron chi connectivity index (χ3n) is 4.11. The van der Waals surface area contributed by atoms with Gasteiger partial charge in [-0.3, -0.25) is 14.1 Å². The Balaban J connectivity index is 2.17. The molecule has 0 saturated carbocycles. The van der Waals surface area contributed by atoms with Crippen molar-refractivity contribution in [1.82, 2.24) is 5.32 Å². The first-order valence-electron chi connectivity index (χ1n) is 5.69. The smallest absolute Gasteiger partial charge is 0.333 e. The van der Waals surface area contributed by atoms with Gasteiger partial charge in [0.15, 0.2) is 13.3 Å². The van der Waals surface area contributed by atoms with E-state index in [4.69, 9.17) is 10.2 Å². The minimum Gasteiger partial charge on any atom is -0.481 e. The molecule has 0 aromatic heterocycles. The highest BCUT2D eigenvalue weighted by Crippen LogP contribution is 2.60. The Labute approximate surface area is 107 Å². The molecular weight excluding hydrogens is 260 g/mol. The fourth-order valence-electron chi connectivity index (χ4n) is 2.97. The van der Waals surface area contributed by atoms with Gasteiger partial charge in [-0.2, -0.15) is 0 Å². The third kappa shape index (κ3) is 1.70. The summed E-state index contributed by atoms with van der Waals surface area (Å²) in [5, 5.41) is 38.7. The number of nitrogens with one attached hydrogen (secondary N) is 1. The second-order valence-electron chi connectivity index (χ2n) is 5.08. The molecule has 2 saturated heterocycles. The van der Waals surface area contributed by atoms with E-state index >= 15 is 0 Å². The van der Waals surface area contributed by atoms with Gasteiger partial charge in [0.1, 0.15) is 0 Å². The first-order valence-corrected chi connectivity index (χ1v) is 5.69. The van der Waals surface area contributed by atoms with Crippen molar-refractivity contribution in [2.45, 2.75) is 24.0 Å². The van der Waals surface area contributed by atoms with Crippen LogP contribution in [0.3, 0.4) is 0 Å². The maximum absolute atomic E-state index is 11.3. The molecule has 0 radical (unpaired) electrons. The number of hydrogen-bond donors (Lipinski definition) is 5. The second-order valence-corrected chi connectivity index (χ2v) is 5.08. The Morgan fingerprint density at radius 3 is 2.21 bits per heavy atom. The van der Waals surface area contributed by atoms with Crippen molar-refractivity contribution in [2.75, 3.05) is 19.8 Å². The number of nitrogens with zero attached hydrogens (tertiary/aromatic N) is 1. The molecule has 0 bridgehead atoms. The minimum absolute atomic E-state index is 0.0630. The number of carbonyl (C=O) groups is 3. The number of carboxylic acids is 3. The monoisotopic (exact) mass is 275 g/mol. The SMILES string of the molecule is O=C(O)CC[N+]1(CO)CC12NC2(CC(=O)O)C(=O)O. The lowest BCUT2D eigenvalue weighted by atomic mass is 10.0. The van der Waals surface area contributed by atoms with Gasteiger partial charge in [0.25, 0.3) is 0 Å². The van der Waals surface area contributed by atoms with Crippen molar-refractivity contribution >= 4 is 17.9 Å². The van der Waals surface area contributed by atoms with Gasteiger partial charge in [0.05, 0.1) is 19.4 Å². The molecule has 2 rings (SSSR count). The second kappa shape index (κ2) is 3.89. The van der Waals surface area contributed by atoms with Gasteiger partial charge in [-0.15, -0.1) is 0 Å². The molecule has 0 aromatic carbocycles. The van der Waals surface area contributed by atoms with Crippen LogP contribution in [-0.4, -0.2) is 73.8 Å². The average Bonchev–Trinajstić information content (AvgIpc) is 3.13. The first kappa shape index (κ1) is 13.7. The fraction of sp³-hybridized carbons (Fsp3) is 0.700. The average molecular weight is 275 g/mol. The van der Waals surface area contributed by atoms with Crippen LogP contribution in [0.15, 0.2) is 0 Å². The summed E-state index contributed by atoms with van der Waals surface area (Å²) < 4.78 is -0.126. The molecule has 19 heavy (non-hydrogen) atoms. The van der Waals surface area contributed by atoms with Crippen molar-refractivity contribution < 1.29 is 39.3 Å². The lowest BCUT2D eigenvalue weighted by Crippen LogP contribution is -2.40. The van der Waals surface area contributed by atoms with Crippen molar-refractivity contribution in [3.8, 4) is 0 Å². The molecule has 1 spiro atoms. The van der Waals surface area contributed by atoms with E-state index in [1.54, 1.807) is 0 Å². The van der Waals surface area contributed by atoms with E-state index < -0.39 is 42.3 Å². The van der Waals surface area contributed by atoms with Gasteiger partial charge in [0.2, 0.25) is 11.2 Å². The molecule has 3 unspecified atom stereocenters. The number of hydrogen-bond acceptors (Lipinski definition) is 5. The normalized spacial score (nSPS) is 39.0. The van der Waals surface area contributed by atoms with Crippen LogP contribution in [0.1, 0.15) is 12.8 Å². The van der Waals surface area contributed by atoms with Crippen molar-refractivity contribution in [3.63, 3.8) is 0 Å². The summed E-state index contributed by atoms with van der Waals surface area (Å²) in [6.07, 6.45) is -0.817. The Kier molecular flexibility index (Phi) is 2.81. The minimum atomic E-state index is -1.61. The van der Waals surface area contributed by atoms with Crippen molar-refractivity contribution in [3.05, 3.63) is 0 Å². The maximum atomic E-state index is 11.3. The van der Waals surface area contributed by atoms with E-state index in [0.717, 1.165) is 0 Å². The Hall–Kier alpha value is -1.71. The summed E-state index contributed by atoms with van der Waals surface area (Å²) in [4.78, 5) is 32.6. The van der Waals surface area contributed by atoms with Crippen LogP contribution in [0.5, 0.6) is 0 Å². The molecule has 5 N–H and O–H groups in total. The number of aliphatic hydroxyl groups excluding tert-OH is 1. The van der Waals surface area contributed by atoms with Crippen LogP contribution >= 0.6 is 0 Å². The highest BCUT2D eigenvalue weighted by atomic mass is 16.4. The highest BCUT2D eigenvalue weighted by Gasteiger charge is 2.95. The van der Waals surface area contributed by atoms with Gasteiger partial charge >= 0.3 is 17.9 Å². The molecule has 2 aliphatic heterocycles. The first-order chi connectivity index (χ1) is 8.75. The van der Waals surface area contributed by atoms with Gasteiger partial charge in [0, 0.05) is 0 Å². The molecule has 9 heteroatoms. The van der Waals surface area contributed by atoms with Crippen LogP contribution in [0.2, 0.25) is 0 Å². The van der Waals surface area contributed by atoms with Crippen LogP contribution in [0.25, 0.3) is 0 Å². The summed E-state index contributed by atoms with van der Waals surface area (Å²) >= 11 is 0. The molecule has 106 valence electrons. The molecular formula is C10H15N2O7+. The van der Waals surface area contributed by atoms with Gasteiger partial charge in [-0.1, -0.05) is 0 Å². The predicted octanol–water partition coefficient (Wildman–Crippen LogP) is -2.16. The summed E-state index contributed by atoms with van der Waals surface area (Å²) in [6.45, 7) is -0.140. The molecule has 9 nitrogen and oxygen atoms in total. The van der Waals surface area contributed by atoms with E-state index in [1.807, 2.05) is 0 Å². The fourth-order valence-corrected chi connectivity index (χ4v) is 2.97. The van der Waals surface area contributed by atoms with Gasteiger partial charge in [-0.25, -0.2) is 10.1 Å². The lowest BCUT2D eigenvalue weighted by Gasteiger charge is -2.16. The molecule has 2 heterocycles. The zero-order valence-corrected chi connectivity index (χ0v) is 10.00. The van der Waals surface area contributed by atoms with Crippen molar-refractivity contribution in [2.24, 2.45) is 0 Å². The molecule has 0 aromatic rings. The number of rotatable bonds is 7. The molecule has 0 amide bonds. The largest absolute Gasteiger partial charge is 0.481 e. The molecule has 3 atom stereocenters. The van der Waals surface area contributed by atoms with Crippen LogP contribution in [-0.2, 0) is 14.4 Å². The molecule has 2 aliphatic rings. The number of quaternary nitrogens is 1. The van der Waals surface area contributed by atoms with E-state index in [-0.39, 0.29) is 24.0 Å². The number of carboxylic acid groups (broad SMARTS) is 3. The predicted molar refractivity (Wildman–Crippen MR) is 57.8 cm³/mol. The standard InChI is InChI=1S/C10H14N2O7/c13-5-12(2-1-6(14)15)4-10(12)9(11-10,8(18)19)3-7(16)17/h11,13H,1-5H2,(H2-,14,15,16,17,18,19)/p+1. The quantitative estimate of drug-likeness (QED) is 0.260. The van der Waals surface area contributed by atoms with Gasteiger partial charge < -0.3 is 20.4 Å². The zero-order chi connectivity index (χ0) is 14.5. The zero-order valence-electron chi connectivity index (χ0n) is 10.00. The van der Waals surface area contributed by atoms with E-state index in [0.29, 0.717) is 0 Å². The lowest BCUT2D eigenvalue weighted by molar-refractivity contribution is -0.842. The van der Waals surface area contributed by atoms with Crippen LogP contribution < -0.4 is 5.32 Å². The van der Waals surface area contributed by atoms with E-state index in [9.17, 15) is 24.6 Å². The topological polar surface area (TPSA) is 154 Å². The van der Waals surface area contributed by atoms with Crippen molar-refractivity contribution in [1.29, 1.82) is 0 Å². The van der Waals surface area contributed by atoms with E-state index in [2.05, 4.69) is 5.32 Å². The Morgan fingerprint density at radius 2 is 1.79 bits per heavy atom. The highest BCUT2D eigenvalue weighted by molar-refractivity contribution is 5.91. The molecule has 0 aliphatic carbocycles. The van der Waals surface area contributed by atoms with E-state index in [1.165, 1.54) is 0 Å². The number of aliphatic hydroxyl groups is 1. The molecule has 2 fully saturated rings. The van der Waals surface area contributed by atoms with Crippen LogP contribution in [0.4, 0.5) is 0 Å². The summed E-state index contributed by atoms with van der Waals surface area (Å²) in [7, 11) is 0.